The first-order valence-corrected chi connectivity index (χ1v) is 10.1. The zero-order chi connectivity index (χ0) is 23.1. The summed E-state index contributed by atoms with van der Waals surface area (Å²) in [7, 11) is 1.38. The van der Waals surface area contributed by atoms with E-state index in [1.54, 1.807) is 24.5 Å². The Hall–Kier alpha value is -3.55. The molecule has 1 aromatic carbocycles. The number of benzene rings is 1. The summed E-state index contributed by atoms with van der Waals surface area (Å²) in [6.07, 6.45) is 5.45. The fourth-order valence-corrected chi connectivity index (χ4v) is 3.41. The summed E-state index contributed by atoms with van der Waals surface area (Å²) in [4.78, 5) is 12.2. The second-order valence-corrected chi connectivity index (χ2v) is 7.23. The van der Waals surface area contributed by atoms with Crippen molar-refractivity contribution in [1.82, 2.24) is 9.88 Å². The van der Waals surface area contributed by atoms with Crippen LogP contribution in [-0.4, -0.2) is 30.7 Å². The number of carbonyl (C=O) groups excluding carboxylic acids is 1. The van der Waals surface area contributed by atoms with Crippen molar-refractivity contribution in [1.29, 1.82) is 0 Å². The third-order valence-corrected chi connectivity index (χ3v) is 5.08. The predicted octanol–water partition coefficient (Wildman–Crippen LogP) is 4.73. The maximum atomic E-state index is 12.4. The van der Waals surface area contributed by atoms with Crippen molar-refractivity contribution >= 4 is 12.0 Å². The van der Waals surface area contributed by atoms with E-state index in [1.807, 2.05) is 32.0 Å². The third-order valence-electron chi connectivity index (χ3n) is 5.08. The number of methoxy groups -OCH3 is 1. The summed E-state index contributed by atoms with van der Waals surface area (Å²) in [5.74, 6) is 0.845. The van der Waals surface area contributed by atoms with Crippen LogP contribution in [0.25, 0.3) is 6.08 Å². The van der Waals surface area contributed by atoms with Gasteiger partial charge in [0, 0.05) is 24.0 Å². The van der Waals surface area contributed by atoms with Crippen LogP contribution in [0.15, 0.2) is 53.2 Å². The molecular weight excluding hydrogens is 418 g/mol. The van der Waals surface area contributed by atoms with Gasteiger partial charge in [0.15, 0.2) is 11.5 Å². The Bertz CT molecular complexity index is 1070. The van der Waals surface area contributed by atoms with Crippen molar-refractivity contribution in [2.24, 2.45) is 0 Å². The summed E-state index contributed by atoms with van der Waals surface area (Å²) in [5, 5.41) is 2.82. The Morgan fingerprint density at radius 3 is 2.72 bits per heavy atom. The number of ether oxygens (including phenoxy) is 2. The zero-order valence-electron chi connectivity index (χ0n) is 18.2. The highest BCUT2D eigenvalue weighted by Gasteiger charge is 2.11. The molecule has 0 aliphatic heterocycles. The molecule has 3 rings (SSSR count). The highest BCUT2D eigenvalue weighted by atomic mass is 19.3. The van der Waals surface area contributed by atoms with Crippen LogP contribution in [0.1, 0.15) is 28.3 Å². The van der Waals surface area contributed by atoms with Gasteiger partial charge in [0.05, 0.1) is 19.9 Å². The summed E-state index contributed by atoms with van der Waals surface area (Å²) in [5.41, 5.74) is 3.91. The molecule has 0 aliphatic carbocycles. The first-order valence-electron chi connectivity index (χ1n) is 10.1. The number of aromatic nitrogens is 1. The van der Waals surface area contributed by atoms with Crippen LogP contribution in [0.2, 0.25) is 0 Å². The zero-order valence-corrected chi connectivity index (χ0v) is 18.2. The number of carbonyl (C=O) groups is 1. The maximum absolute atomic E-state index is 12.4. The number of nitrogens with zero attached hydrogens (tertiary/aromatic N) is 1. The molecule has 0 aliphatic rings. The molecule has 0 saturated heterocycles. The Balaban J connectivity index is 1.54. The van der Waals surface area contributed by atoms with E-state index in [4.69, 9.17) is 9.15 Å². The van der Waals surface area contributed by atoms with E-state index in [9.17, 15) is 13.6 Å². The Morgan fingerprint density at radius 1 is 1.22 bits per heavy atom. The largest absolute Gasteiger partial charge is 0.493 e. The van der Waals surface area contributed by atoms with Crippen molar-refractivity contribution in [2.75, 3.05) is 13.7 Å². The Kier molecular flexibility index (Phi) is 7.70. The lowest BCUT2D eigenvalue weighted by molar-refractivity contribution is -0.116. The molecule has 0 saturated carbocycles. The summed E-state index contributed by atoms with van der Waals surface area (Å²) in [6, 6.07) is 10.5. The predicted molar refractivity (Wildman–Crippen MR) is 117 cm³/mol. The molecule has 2 aromatic heterocycles. The van der Waals surface area contributed by atoms with E-state index >= 15 is 0 Å². The Morgan fingerprint density at radius 2 is 2.03 bits per heavy atom. The van der Waals surface area contributed by atoms with Crippen molar-refractivity contribution < 1.29 is 27.5 Å². The average molecular weight is 444 g/mol. The monoisotopic (exact) mass is 444 g/mol. The minimum absolute atomic E-state index is 0.0251. The van der Waals surface area contributed by atoms with Crippen molar-refractivity contribution in [3.63, 3.8) is 0 Å². The lowest BCUT2D eigenvalue weighted by Gasteiger charge is -2.11. The smallest absolute Gasteiger partial charge is 0.387 e. The molecule has 8 heteroatoms. The van der Waals surface area contributed by atoms with E-state index in [0.29, 0.717) is 19.5 Å². The molecule has 3 aromatic rings. The van der Waals surface area contributed by atoms with E-state index < -0.39 is 6.61 Å². The van der Waals surface area contributed by atoms with Crippen LogP contribution in [0.4, 0.5) is 8.78 Å². The summed E-state index contributed by atoms with van der Waals surface area (Å²) < 4.78 is 41.9. The van der Waals surface area contributed by atoms with Crippen LogP contribution in [0.5, 0.6) is 11.5 Å². The SMILES string of the molecule is COc1cc(CCNC(=O)/C=C/c2cc(C)n(Cc3ccco3)c2C)ccc1OC(F)F. The number of nitrogens with one attached hydrogen (secondary N) is 1. The molecule has 0 unspecified atom stereocenters. The molecule has 0 radical (unpaired) electrons. The molecule has 0 spiro atoms. The molecule has 0 atom stereocenters. The van der Waals surface area contributed by atoms with Gasteiger partial charge >= 0.3 is 6.61 Å². The molecule has 2 heterocycles. The number of hydrogen-bond donors (Lipinski definition) is 1. The molecule has 1 amide bonds. The van der Waals surface area contributed by atoms with Gasteiger partial charge in [-0.2, -0.15) is 8.78 Å². The van der Waals surface area contributed by atoms with Crippen molar-refractivity contribution in [2.45, 2.75) is 33.4 Å². The summed E-state index contributed by atoms with van der Waals surface area (Å²) >= 11 is 0. The normalized spacial score (nSPS) is 11.3. The average Bonchev–Trinajstić information content (AvgIpc) is 3.36. The van der Waals surface area contributed by atoms with Crippen molar-refractivity contribution in [3.05, 3.63) is 77.0 Å². The van der Waals surface area contributed by atoms with Gasteiger partial charge in [-0.1, -0.05) is 6.07 Å². The van der Waals surface area contributed by atoms with Crippen LogP contribution in [0.3, 0.4) is 0 Å². The fraction of sp³-hybridized carbons (Fsp3) is 0.292. The van der Waals surface area contributed by atoms with Gasteiger partial charge in [-0.05, 0) is 67.8 Å². The quantitative estimate of drug-likeness (QED) is 0.459. The van der Waals surface area contributed by atoms with E-state index in [1.165, 1.54) is 19.3 Å². The number of amides is 1. The van der Waals surface area contributed by atoms with Gasteiger partial charge in [0.1, 0.15) is 5.76 Å². The molecule has 6 nitrogen and oxygen atoms in total. The first-order chi connectivity index (χ1) is 15.4. The maximum Gasteiger partial charge on any atom is 0.387 e. The van der Waals surface area contributed by atoms with Crippen LogP contribution in [-0.2, 0) is 17.8 Å². The van der Waals surface area contributed by atoms with Gasteiger partial charge in [-0.15, -0.1) is 0 Å². The topological polar surface area (TPSA) is 65.6 Å². The van der Waals surface area contributed by atoms with Gasteiger partial charge < -0.3 is 23.8 Å². The number of alkyl halides is 2. The first kappa shape index (κ1) is 23.1. The number of halogens is 2. The molecule has 170 valence electrons. The van der Waals surface area contributed by atoms with Gasteiger partial charge in [0.2, 0.25) is 5.91 Å². The third kappa shape index (κ3) is 6.00. The summed E-state index contributed by atoms with van der Waals surface area (Å²) in [6.45, 7) is 2.12. The lowest BCUT2D eigenvalue weighted by Crippen LogP contribution is -2.23. The highest BCUT2D eigenvalue weighted by Crippen LogP contribution is 2.29. The molecule has 32 heavy (non-hydrogen) atoms. The van der Waals surface area contributed by atoms with E-state index in [-0.39, 0.29) is 17.4 Å². The van der Waals surface area contributed by atoms with E-state index in [2.05, 4.69) is 14.6 Å². The highest BCUT2D eigenvalue weighted by molar-refractivity contribution is 5.91. The lowest BCUT2D eigenvalue weighted by atomic mass is 10.1. The minimum atomic E-state index is -2.92. The second-order valence-electron chi connectivity index (χ2n) is 7.23. The Labute approximate surface area is 185 Å². The van der Waals surface area contributed by atoms with Crippen LogP contribution < -0.4 is 14.8 Å². The van der Waals surface area contributed by atoms with Crippen LogP contribution >= 0.6 is 0 Å². The fourth-order valence-electron chi connectivity index (χ4n) is 3.41. The van der Waals surface area contributed by atoms with Crippen molar-refractivity contribution in [3.8, 4) is 11.5 Å². The van der Waals surface area contributed by atoms with E-state index in [0.717, 1.165) is 28.3 Å². The van der Waals surface area contributed by atoms with Crippen LogP contribution in [0, 0.1) is 13.8 Å². The number of furan rings is 1. The van der Waals surface area contributed by atoms with Gasteiger partial charge in [0.25, 0.3) is 0 Å². The molecule has 1 N–H and O–H groups in total. The number of rotatable bonds is 10. The standard InChI is InChI=1S/C24H26F2N2O4/c1-16-13-19(17(2)28(16)15-20-5-4-12-31-20)7-9-23(29)27-11-10-18-6-8-21(32-24(25)26)22(14-18)30-3/h4-9,12-14,24H,10-11,15H2,1-3H3,(H,27,29)/b9-7+. The number of hydrogen-bond acceptors (Lipinski definition) is 4. The minimum Gasteiger partial charge on any atom is -0.493 e. The van der Waals surface area contributed by atoms with Gasteiger partial charge in [-0.3, -0.25) is 4.79 Å². The second kappa shape index (κ2) is 10.7. The molecular formula is C24H26F2N2O4. The molecule has 0 bridgehead atoms. The van der Waals surface area contributed by atoms with Gasteiger partial charge in [-0.25, -0.2) is 0 Å². The molecule has 0 fully saturated rings. The number of aryl methyl sites for hydroxylation is 1.